The SMILES string of the molecule is NCCCC[C@H](NC(=O)[C@@H](N)CCC(N)=O)C(=O)N[C@@H](CC(=O)O)C(=O)N[C@@H](CCC(=O)O)C(=O)N1CCC[C@H]1C(=O)N[C@@H](CC(N)=O)C(=O)NCC(=O)N[C@@H](CCCN=C(N)N)C(=O)O. The van der Waals surface area contributed by atoms with Gasteiger partial charge in [0.1, 0.15) is 36.3 Å². The zero-order chi connectivity index (χ0) is 50.1. The third kappa shape index (κ3) is 22.0. The smallest absolute Gasteiger partial charge is 0.326 e. The number of unbranched alkanes of at least 4 members (excludes halogenated alkanes) is 1. The summed E-state index contributed by atoms with van der Waals surface area (Å²) in [4.78, 5) is 156. The lowest BCUT2D eigenvalue weighted by atomic mass is 10.0. The molecule has 0 aromatic heterocycles. The summed E-state index contributed by atoms with van der Waals surface area (Å²) in [6, 6.07) is -10.8. The van der Waals surface area contributed by atoms with E-state index in [0.29, 0.717) is 6.42 Å². The van der Waals surface area contributed by atoms with Crippen LogP contribution in [-0.4, -0.2) is 166 Å². The predicted molar refractivity (Wildman–Crippen MR) is 227 cm³/mol. The molecule has 1 aliphatic heterocycles. The number of hydrogen-bond acceptors (Lipinski definition) is 15. The van der Waals surface area contributed by atoms with Crippen LogP contribution in [-0.2, 0) is 57.5 Å². The highest BCUT2D eigenvalue weighted by molar-refractivity contribution is 5.99. The quantitative estimate of drug-likeness (QED) is 0.0169. The molecule has 1 fully saturated rings. The molecule has 29 heteroatoms. The molecule has 370 valence electrons. The number of carbonyl (C=O) groups excluding carboxylic acids is 9. The largest absolute Gasteiger partial charge is 0.481 e. The zero-order valence-corrected chi connectivity index (χ0v) is 36.2. The maximum Gasteiger partial charge on any atom is 0.326 e. The average molecular weight is 943 g/mol. The van der Waals surface area contributed by atoms with Gasteiger partial charge in [0.25, 0.3) is 0 Å². The number of amides is 9. The fourth-order valence-electron chi connectivity index (χ4n) is 6.40. The van der Waals surface area contributed by atoms with E-state index in [9.17, 15) is 72.9 Å². The van der Waals surface area contributed by atoms with Crippen molar-refractivity contribution >= 4 is 77.0 Å². The zero-order valence-electron chi connectivity index (χ0n) is 36.2. The molecule has 7 atom stereocenters. The van der Waals surface area contributed by atoms with Crippen molar-refractivity contribution in [2.45, 2.75) is 126 Å². The number of aliphatic carboxylic acids is 3. The van der Waals surface area contributed by atoms with Gasteiger partial charge in [-0.25, -0.2) is 4.79 Å². The number of rotatable bonds is 32. The molecule has 0 saturated carbocycles. The summed E-state index contributed by atoms with van der Waals surface area (Å²) in [5, 5.41) is 42.1. The Balaban J connectivity index is 3.24. The first-order valence-electron chi connectivity index (χ1n) is 20.8. The van der Waals surface area contributed by atoms with E-state index in [1.54, 1.807) is 0 Å². The minimum atomic E-state index is -1.91. The van der Waals surface area contributed by atoms with Crippen LogP contribution in [0.5, 0.6) is 0 Å². The van der Waals surface area contributed by atoms with Gasteiger partial charge < -0.3 is 86.5 Å². The third-order valence-corrected chi connectivity index (χ3v) is 9.77. The van der Waals surface area contributed by atoms with Crippen molar-refractivity contribution in [2.75, 3.05) is 26.2 Å². The number of nitrogens with two attached hydrogens (primary N) is 6. The van der Waals surface area contributed by atoms with Crippen molar-refractivity contribution in [2.24, 2.45) is 39.4 Å². The summed E-state index contributed by atoms with van der Waals surface area (Å²) in [6.45, 7) is -0.661. The molecule has 21 N–H and O–H groups in total. The van der Waals surface area contributed by atoms with Gasteiger partial charge in [-0.15, -0.1) is 0 Å². The van der Waals surface area contributed by atoms with E-state index in [-0.39, 0.29) is 77.0 Å². The summed E-state index contributed by atoms with van der Waals surface area (Å²) in [5.41, 5.74) is 32.3. The van der Waals surface area contributed by atoms with E-state index in [0.717, 1.165) is 4.90 Å². The van der Waals surface area contributed by atoms with Crippen LogP contribution >= 0.6 is 0 Å². The highest BCUT2D eigenvalue weighted by Gasteiger charge is 2.40. The van der Waals surface area contributed by atoms with E-state index in [1.165, 1.54) is 0 Å². The third-order valence-electron chi connectivity index (χ3n) is 9.77. The van der Waals surface area contributed by atoms with Gasteiger partial charge >= 0.3 is 17.9 Å². The summed E-state index contributed by atoms with van der Waals surface area (Å²) in [5.74, 6) is -13.7. The maximum absolute atomic E-state index is 14.0. The Labute approximate surface area is 377 Å². The summed E-state index contributed by atoms with van der Waals surface area (Å²) >= 11 is 0. The van der Waals surface area contributed by atoms with E-state index < -0.39 is 146 Å². The second kappa shape index (κ2) is 29.3. The minimum Gasteiger partial charge on any atom is -0.481 e. The number of nitrogens with zero attached hydrogens (tertiary/aromatic N) is 2. The first-order chi connectivity index (χ1) is 31.0. The van der Waals surface area contributed by atoms with Crippen molar-refractivity contribution < 1.29 is 72.9 Å². The molecule has 0 spiro atoms. The highest BCUT2D eigenvalue weighted by Crippen LogP contribution is 2.20. The number of aliphatic imine (C=N–C) groups is 1. The normalized spacial score (nSPS) is 15.8. The van der Waals surface area contributed by atoms with Gasteiger partial charge in [-0.1, -0.05) is 0 Å². The number of carboxylic acid groups (broad SMARTS) is 3. The summed E-state index contributed by atoms with van der Waals surface area (Å²) < 4.78 is 0. The van der Waals surface area contributed by atoms with Crippen LogP contribution in [0.15, 0.2) is 4.99 Å². The first kappa shape index (κ1) is 56.8. The van der Waals surface area contributed by atoms with Crippen LogP contribution in [0.25, 0.3) is 0 Å². The Kier molecular flexibility index (Phi) is 25.2. The maximum atomic E-state index is 14.0. The van der Waals surface area contributed by atoms with E-state index in [4.69, 9.17) is 34.4 Å². The lowest BCUT2D eigenvalue weighted by molar-refractivity contribution is -0.144. The Morgan fingerprint density at radius 1 is 0.621 bits per heavy atom. The molecule has 9 amide bonds. The number of likely N-dealkylation sites (tertiary alicyclic amines) is 1. The van der Waals surface area contributed by atoms with Crippen LogP contribution < -0.4 is 66.3 Å². The molecule has 0 radical (unpaired) electrons. The molecule has 0 bridgehead atoms. The van der Waals surface area contributed by atoms with E-state index in [1.807, 2.05) is 0 Å². The topological polar surface area (TPSA) is 509 Å². The van der Waals surface area contributed by atoms with Crippen molar-refractivity contribution in [3.8, 4) is 0 Å². The van der Waals surface area contributed by atoms with Crippen LogP contribution in [0, 0.1) is 0 Å². The number of primary amides is 2. The summed E-state index contributed by atoms with van der Waals surface area (Å²) in [7, 11) is 0. The molecular formula is C37H62N14O15. The van der Waals surface area contributed by atoms with Gasteiger partial charge in [-0.2, -0.15) is 0 Å². The van der Waals surface area contributed by atoms with Crippen LogP contribution in [0.3, 0.4) is 0 Å². The lowest BCUT2D eigenvalue weighted by Crippen LogP contribution is -2.60. The average Bonchev–Trinajstić information content (AvgIpc) is 3.73. The molecule has 1 aliphatic rings. The van der Waals surface area contributed by atoms with Gasteiger partial charge in [0.05, 0.1) is 25.4 Å². The Bertz CT molecular complexity index is 1810. The number of nitrogens with one attached hydrogen (secondary N) is 6. The molecule has 0 aliphatic carbocycles. The van der Waals surface area contributed by atoms with Crippen molar-refractivity contribution in [3.05, 3.63) is 0 Å². The molecular weight excluding hydrogens is 880 g/mol. The Morgan fingerprint density at radius 3 is 1.80 bits per heavy atom. The van der Waals surface area contributed by atoms with Crippen LogP contribution in [0.1, 0.15) is 83.5 Å². The fraction of sp³-hybridized carbons (Fsp3) is 0.649. The van der Waals surface area contributed by atoms with Crippen molar-refractivity contribution in [1.29, 1.82) is 0 Å². The van der Waals surface area contributed by atoms with Crippen molar-refractivity contribution in [1.82, 2.24) is 36.8 Å². The van der Waals surface area contributed by atoms with Crippen molar-refractivity contribution in [3.63, 3.8) is 0 Å². The Hall–Kier alpha value is -7.17. The van der Waals surface area contributed by atoms with E-state index >= 15 is 0 Å². The second-order valence-electron chi connectivity index (χ2n) is 15.2. The molecule has 0 aromatic rings. The molecule has 1 heterocycles. The molecule has 0 unspecified atom stereocenters. The predicted octanol–water partition coefficient (Wildman–Crippen LogP) is -7.41. The number of guanidine groups is 1. The number of carbonyl (C=O) groups is 12. The van der Waals surface area contributed by atoms with E-state index in [2.05, 4.69) is 36.9 Å². The van der Waals surface area contributed by atoms with Crippen LogP contribution in [0.2, 0.25) is 0 Å². The standard InChI is InChI=1S/C37H62N14O15/c38-12-2-1-5-19(47-30(59)18(39)8-10-25(40)52)32(61)49-23(16-29(57)58)33(62)48-20(9-11-28(55)56)35(64)51-14-4-7-24(51)34(63)50-22(15-26(41)53)31(60)45-17-27(54)46-21(36(65)66)6-3-13-44-37(42)43/h18-24H,1-17,38-39H2,(H2,40,52)(H2,41,53)(H,45,60)(H,46,54)(H,47,59)(H,48,62)(H,49,61)(H,50,63)(H,55,56)(H,57,58)(H,65,66)(H4,42,43,44)/t18-,19-,20-,21-,22-,23-,24-/m0/s1. The number of carboxylic acids is 3. The monoisotopic (exact) mass is 942 g/mol. The second-order valence-corrected chi connectivity index (χ2v) is 15.2. The molecule has 66 heavy (non-hydrogen) atoms. The van der Waals surface area contributed by atoms with Gasteiger partial charge in [-0.05, 0) is 64.3 Å². The number of hydrogen-bond donors (Lipinski definition) is 15. The summed E-state index contributed by atoms with van der Waals surface area (Å²) in [6.07, 6.45) is -2.72. The Morgan fingerprint density at radius 2 is 1.23 bits per heavy atom. The molecule has 0 aromatic carbocycles. The first-order valence-corrected chi connectivity index (χ1v) is 20.8. The highest BCUT2D eigenvalue weighted by atomic mass is 16.4. The van der Waals surface area contributed by atoms with Crippen LogP contribution in [0.4, 0.5) is 0 Å². The molecule has 29 nitrogen and oxygen atoms in total. The minimum absolute atomic E-state index is 0.0363. The lowest BCUT2D eigenvalue weighted by Gasteiger charge is -2.30. The molecule has 1 saturated heterocycles. The van der Waals surface area contributed by atoms with Gasteiger partial charge in [0.15, 0.2) is 5.96 Å². The van der Waals surface area contributed by atoms with Gasteiger partial charge in [-0.3, -0.25) is 57.7 Å². The molecule has 1 rings (SSSR count). The fourth-order valence-corrected chi connectivity index (χ4v) is 6.40. The van der Waals surface area contributed by atoms with Gasteiger partial charge in [0, 0.05) is 25.9 Å². The van der Waals surface area contributed by atoms with Gasteiger partial charge in [0.2, 0.25) is 53.2 Å².